The molecule has 0 aliphatic heterocycles. The molecule has 0 rings (SSSR count). The van der Waals surface area contributed by atoms with Crippen LogP contribution in [0.4, 0.5) is 0 Å². The van der Waals surface area contributed by atoms with Crippen LogP contribution in [-0.4, -0.2) is 58.8 Å². The summed E-state index contributed by atoms with van der Waals surface area (Å²) < 4.78 is 0.224. The molecule has 7 nitrogen and oxygen atoms in total. The van der Waals surface area contributed by atoms with Gasteiger partial charge in [-0.3, -0.25) is 9.59 Å². The second kappa shape index (κ2) is 23.5. The molecule has 0 atom stereocenters. The molecule has 0 heterocycles. The van der Waals surface area contributed by atoms with Crippen molar-refractivity contribution in [1.82, 2.24) is 0 Å². The van der Waals surface area contributed by atoms with E-state index < -0.39 is 17.9 Å². The van der Waals surface area contributed by atoms with Gasteiger partial charge in [0, 0.05) is 12.4 Å². The van der Waals surface area contributed by atoms with E-state index in [1.165, 1.54) is 83.5 Å². The summed E-state index contributed by atoms with van der Waals surface area (Å²) in [5.74, 6) is -3.08. The van der Waals surface area contributed by atoms with Crippen molar-refractivity contribution >= 4 is 17.9 Å². The lowest BCUT2D eigenvalue weighted by molar-refractivity contribution is -0.927. The van der Waals surface area contributed by atoms with Gasteiger partial charge in [0.05, 0.1) is 39.0 Å². The number of aliphatic carboxylic acids is 3. The van der Waals surface area contributed by atoms with Gasteiger partial charge in [0.1, 0.15) is 0 Å². The molecule has 0 saturated carbocycles. The van der Waals surface area contributed by atoms with E-state index in [9.17, 15) is 19.5 Å². The third-order valence-electron chi connectivity index (χ3n) is 7.03. The van der Waals surface area contributed by atoms with Crippen molar-refractivity contribution in [2.75, 3.05) is 26.2 Å². The molecule has 0 fully saturated rings. The van der Waals surface area contributed by atoms with Gasteiger partial charge in [0.15, 0.2) is 0 Å². The maximum atomic E-state index is 11.1. The van der Waals surface area contributed by atoms with Crippen LogP contribution in [0.2, 0.25) is 0 Å². The van der Waals surface area contributed by atoms with Crippen LogP contribution < -0.4 is 5.11 Å². The fourth-order valence-electron chi connectivity index (χ4n) is 4.70. The highest BCUT2D eigenvalue weighted by atomic mass is 16.4. The lowest BCUT2D eigenvalue weighted by atomic mass is 10.0. The minimum absolute atomic E-state index is 0.0945. The van der Waals surface area contributed by atoms with Crippen molar-refractivity contribution in [2.24, 2.45) is 0 Å². The first-order chi connectivity index (χ1) is 17.3. The summed E-state index contributed by atoms with van der Waals surface area (Å²) in [6.45, 7) is 3.57. The molecule has 0 aromatic heterocycles. The molecule has 0 spiro atoms. The second-order valence-electron chi connectivity index (χ2n) is 10.3. The molecule has 0 unspecified atom stereocenters. The first-order valence-electron chi connectivity index (χ1n) is 14.4. The highest BCUT2D eigenvalue weighted by molar-refractivity contribution is 5.67. The van der Waals surface area contributed by atoms with E-state index in [-0.39, 0.29) is 43.4 Å². The fraction of sp³-hybridized carbons (Fsp3) is 0.828. The Labute approximate surface area is 219 Å². The van der Waals surface area contributed by atoms with Gasteiger partial charge >= 0.3 is 11.9 Å². The van der Waals surface area contributed by atoms with Gasteiger partial charge in [0.25, 0.3) is 0 Å². The minimum atomic E-state index is -1.18. The highest BCUT2D eigenvalue weighted by Crippen LogP contribution is 2.17. The van der Waals surface area contributed by atoms with Crippen LogP contribution in [-0.2, 0) is 14.4 Å². The zero-order chi connectivity index (χ0) is 26.9. The van der Waals surface area contributed by atoms with Gasteiger partial charge in [-0.2, -0.15) is 0 Å². The third kappa shape index (κ3) is 22.6. The van der Waals surface area contributed by atoms with E-state index in [1.807, 2.05) is 0 Å². The number of allylic oxidation sites excluding steroid dienone is 2. The summed E-state index contributed by atoms with van der Waals surface area (Å²) in [5, 5.41) is 29.2. The Bertz CT molecular complexity index is 559. The average Bonchev–Trinajstić information content (AvgIpc) is 2.83. The van der Waals surface area contributed by atoms with E-state index in [4.69, 9.17) is 10.2 Å². The van der Waals surface area contributed by atoms with Gasteiger partial charge in [-0.25, -0.2) is 0 Å². The molecule has 7 heteroatoms. The summed E-state index contributed by atoms with van der Waals surface area (Å²) in [5.41, 5.74) is 0. The average molecular weight is 512 g/mol. The molecular weight excluding hydrogens is 458 g/mol. The molecule has 2 N–H and O–H groups in total. The van der Waals surface area contributed by atoms with E-state index >= 15 is 0 Å². The van der Waals surface area contributed by atoms with Crippen LogP contribution in [0.5, 0.6) is 0 Å². The summed E-state index contributed by atoms with van der Waals surface area (Å²) in [7, 11) is 0. The van der Waals surface area contributed by atoms with Crippen LogP contribution >= 0.6 is 0 Å². The number of unbranched alkanes of at least 4 members (excludes halogenated alkanes) is 14. The van der Waals surface area contributed by atoms with Gasteiger partial charge in [-0.05, 0) is 32.1 Å². The first-order valence-corrected chi connectivity index (χ1v) is 14.4. The molecule has 210 valence electrons. The van der Waals surface area contributed by atoms with E-state index in [0.29, 0.717) is 6.54 Å². The number of carbonyl (C=O) groups excluding carboxylic acids is 1. The molecular formula is C29H53NO6. The predicted octanol–water partition coefficient (Wildman–Crippen LogP) is 5.71. The van der Waals surface area contributed by atoms with Gasteiger partial charge in [-0.1, -0.05) is 89.7 Å². The molecule has 0 radical (unpaired) electrons. The van der Waals surface area contributed by atoms with Gasteiger partial charge in [0.2, 0.25) is 0 Å². The summed E-state index contributed by atoms with van der Waals surface area (Å²) in [6.07, 6.45) is 23.8. The topological polar surface area (TPSA) is 115 Å². The van der Waals surface area contributed by atoms with Crippen LogP contribution in [0.15, 0.2) is 12.2 Å². The lowest BCUT2D eigenvalue weighted by Gasteiger charge is -2.38. The van der Waals surface area contributed by atoms with Crippen molar-refractivity contribution < 1.29 is 34.2 Å². The van der Waals surface area contributed by atoms with E-state index in [2.05, 4.69) is 19.1 Å². The largest absolute Gasteiger partial charge is 0.550 e. The van der Waals surface area contributed by atoms with E-state index in [1.54, 1.807) is 0 Å². The number of carboxylic acids is 3. The zero-order valence-electron chi connectivity index (χ0n) is 22.9. The lowest BCUT2D eigenvalue weighted by Crippen LogP contribution is -2.53. The molecule has 0 amide bonds. The van der Waals surface area contributed by atoms with Crippen molar-refractivity contribution in [3.05, 3.63) is 12.2 Å². The first kappa shape index (κ1) is 34.1. The Hall–Kier alpha value is -1.89. The zero-order valence-corrected chi connectivity index (χ0v) is 22.9. The van der Waals surface area contributed by atoms with Crippen molar-refractivity contribution in [3.63, 3.8) is 0 Å². The predicted molar refractivity (Wildman–Crippen MR) is 143 cm³/mol. The fourth-order valence-corrected chi connectivity index (χ4v) is 4.70. The maximum Gasteiger partial charge on any atom is 0.309 e. The number of hydrogen-bond acceptors (Lipinski definition) is 4. The van der Waals surface area contributed by atoms with Crippen molar-refractivity contribution in [2.45, 2.75) is 129 Å². The molecule has 36 heavy (non-hydrogen) atoms. The third-order valence-corrected chi connectivity index (χ3v) is 7.03. The molecule has 0 bridgehead atoms. The Morgan fingerprint density at radius 1 is 0.583 bits per heavy atom. The van der Waals surface area contributed by atoms with Gasteiger partial charge < -0.3 is 24.6 Å². The molecule has 0 saturated heterocycles. The number of hydrogen-bond donors (Lipinski definition) is 2. The second-order valence-corrected chi connectivity index (χ2v) is 10.3. The van der Waals surface area contributed by atoms with Crippen molar-refractivity contribution in [3.8, 4) is 0 Å². The number of quaternary nitrogens is 1. The Morgan fingerprint density at radius 3 is 1.39 bits per heavy atom. The molecule has 0 aromatic rings. The Balaban J connectivity index is 3.98. The minimum Gasteiger partial charge on any atom is -0.550 e. The quantitative estimate of drug-likeness (QED) is 0.0829. The molecule has 0 aliphatic rings. The molecule has 0 aromatic carbocycles. The molecule has 0 aliphatic carbocycles. The van der Waals surface area contributed by atoms with Gasteiger partial charge in [-0.15, -0.1) is 0 Å². The Morgan fingerprint density at radius 2 is 0.972 bits per heavy atom. The van der Waals surface area contributed by atoms with Crippen LogP contribution in [0.3, 0.4) is 0 Å². The normalized spacial score (nSPS) is 11.8. The number of nitrogens with zero attached hydrogens (tertiary/aromatic N) is 1. The smallest absolute Gasteiger partial charge is 0.309 e. The number of rotatable bonds is 27. The number of carboxylic acid groups (broad SMARTS) is 3. The highest BCUT2D eigenvalue weighted by Gasteiger charge is 2.28. The van der Waals surface area contributed by atoms with Crippen LogP contribution in [0.1, 0.15) is 129 Å². The summed E-state index contributed by atoms with van der Waals surface area (Å²) >= 11 is 0. The van der Waals surface area contributed by atoms with E-state index in [0.717, 1.165) is 19.3 Å². The Kier molecular flexibility index (Phi) is 22.3. The summed E-state index contributed by atoms with van der Waals surface area (Å²) in [4.78, 5) is 33.2. The monoisotopic (exact) mass is 511 g/mol. The van der Waals surface area contributed by atoms with Crippen LogP contribution in [0.25, 0.3) is 0 Å². The van der Waals surface area contributed by atoms with Crippen molar-refractivity contribution in [1.29, 1.82) is 0 Å². The van der Waals surface area contributed by atoms with Crippen LogP contribution in [0, 0.1) is 0 Å². The summed E-state index contributed by atoms with van der Waals surface area (Å²) in [6, 6.07) is 0. The standard InChI is InChI=1S/C29H53NO6/c1-2-3-4-5-6-7-8-9-10-11-12-13-14-15-16-17-18-19-23-30(24-20-27(31)32,25-21-28(33)34)26-22-29(35)36/h5-6H,2-4,7-26H2,1H3,(H2-,31,32,33,34,35,36)/b6-5+. The maximum absolute atomic E-state index is 11.1. The number of carbonyl (C=O) groups is 3. The SMILES string of the molecule is CCCC/C=C/CCCCCCCCCCCCCC[N+](CCC(=O)[O-])(CCC(=O)O)CCC(=O)O.